The number of methoxy groups -OCH3 is 1. The molecule has 1 aromatic rings. The molecule has 120 valence electrons. The van der Waals surface area contributed by atoms with E-state index in [0.29, 0.717) is 34.3 Å². The van der Waals surface area contributed by atoms with E-state index >= 15 is 0 Å². The molecule has 5 nitrogen and oxygen atoms in total. The highest BCUT2D eigenvalue weighted by Gasteiger charge is 2.42. The molecule has 2 bridgehead atoms. The minimum absolute atomic E-state index is 0.0996. The Labute approximate surface area is 139 Å². The smallest absolute Gasteiger partial charge is 0.322 e. The van der Waals surface area contributed by atoms with Crippen molar-refractivity contribution in [3.63, 3.8) is 0 Å². The van der Waals surface area contributed by atoms with E-state index in [2.05, 4.69) is 5.32 Å². The van der Waals surface area contributed by atoms with Crippen LogP contribution in [0.25, 0.3) is 0 Å². The molecule has 7 heteroatoms. The van der Waals surface area contributed by atoms with Gasteiger partial charge in [0.2, 0.25) is 0 Å². The summed E-state index contributed by atoms with van der Waals surface area (Å²) in [6.07, 6.45) is 2.85. The van der Waals surface area contributed by atoms with Gasteiger partial charge in [-0.15, -0.1) is 0 Å². The van der Waals surface area contributed by atoms with Crippen LogP contribution < -0.4 is 10.1 Å². The van der Waals surface area contributed by atoms with E-state index < -0.39 is 0 Å². The molecule has 1 aromatic carbocycles. The topological polar surface area (TPSA) is 61.8 Å². The Morgan fingerprint density at radius 1 is 1.27 bits per heavy atom. The van der Waals surface area contributed by atoms with Crippen molar-refractivity contribution in [1.82, 2.24) is 4.90 Å². The lowest BCUT2D eigenvalue weighted by atomic mass is 10.0. The number of anilines is 1. The zero-order chi connectivity index (χ0) is 15.9. The number of nitrogens with zero attached hydrogens (tertiary/aromatic N) is 1. The second kappa shape index (κ2) is 6.14. The van der Waals surface area contributed by atoms with Gasteiger partial charge >= 0.3 is 6.03 Å². The average molecular weight is 345 g/mol. The summed E-state index contributed by atoms with van der Waals surface area (Å²) in [4.78, 5) is 14.4. The van der Waals surface area contributed by atoms with Crippen LogP contribution in [0.3, 0.4) is 0 Å². The number of aliphatic hydroxyl groups excluding tert-OH is 1. The molecule has 2 N–H and O–H groups in total. The standard InChI is InChI=1S/C15H18Cl2N2O3/c1-22-14-7-12(17)11(16)6-13(14)18-15(21)19-8-2-3-9(19)5-10(20)4-8/h6-10,20H,2-5H2,1H3,(H,18,21). The van der Waals surface area contributed by atoms with Crippen molar-refractivity contribution in [2.75, 3.05) is 12.4 Å². The van der Waals surface area contributed by atoms with Gasteiger partial charge in [0.1, 0.15) is 5.75 Å². The third-order valence-electron chi connectivity index (χ3n) is 4.43. The van der Waals surface area contributed by atoms with Gasteiger partial charge < -0.3 is 20.1 Å². The predicted molar refractivity (Wildman–Crippen MR) is 85.9 cm³/mol. The summed E-state index contributed by atoms with van der Waals surface area (Å²) in [7, 11) is 1.51. The van der Waals surface area contributed by atoms with Crippen molar-refractivity contribution < 1.29 is 14.6 Å². The number of hydrogen-bond donors (Lipinski definition) is 2. The molecular weight excluding hydrogens is 327 g/mol. The van der Waals surface area contributed by atoms with Crippen molar-refractivity contribution in [2.45, 2.75) is 43.9 Å². The van der Waals surface area contributed by atoms with Crippen molar-refractivity contribution >= 4 is 34.9 Å². The summed E-state index contributed by atoms with van der Waals surface area (Å²) in [6, 6.07) is 3.18. The summed E-state index contributed by atoms with van der Waals surface area (Å²) in [6.45, 7) is 0. The molecule has 2 saturated heterocycles. The largest absolute Gasteiger partial charge is 0.495 e. The summed E-state index contributed by atoms with van der Waals surface area (Å²) in [5.41, 5.74) is 0.493. The molecule has 0 aromatic heterocycles. The quantitative estimate of drug-likeness (QED) is 0.862. The van der Waals surface area contributed by atoms with Gasteiger partial charge in [0.05, 0.1) is 28.9 Å². The van der Waals surface area contributed by atoms with E-state index in [9.17, 15) is 9.90 Å². The minimum Gasteiger partial charge on any atom is -0.495 e. The first-order valence-electron chi connectivity index (χ1n) is 7.30. The number of nitrogens with one attached hydrogen (secondary N) is 1. The van der Waals surface area contributed by atoms with Crippen molar-refractivity contribution in [1.29, 1.82) is 0 Å². The number of benzene rings is 1. The molecule has 2 unspecified atom stereocenters. The van der Waals surface area contributed by atoms with E-state index in [1.807, 2.05) is 4.90 Å². The fraction of sp³-hybridized carbons (Fsp3) is 0.533. The third-order valence-corrected chi connectivity index (χ3v) is 5.15. The number of aliphatic hydroxyl groups is 1. The lowest BCUT2D eigenvalue weighted by Gasteiger charge is -2.37. The molecule has 3 rings (SSSR count). The maximum absolute atomic E-state index is 12.6. The van der Waals surface area contributed by atoms with E-state index in [1.54, 1.807) is 12.1 Å². The number of hydrogen-bond acceptors (Lipinski definition) is 3. The Hall–Kier alpha value is -1.17. The minimum atomic E-state index is -0.305. The summed E-state index contributed by atoms with van der Waals surface area (Å²) in [5, 5.41) is 13.4. The number of piperidine rings is 1. The molecule has 0 spiro atoms. The number of ether oxygens (including phenoxy) is 1. The number of fused-ring (bicyclic) bond motifs is 2. The fourth-order valence-corrected chi connectivity index (χ4v) is 3.77. The normalized spacial score (nSPS) is 26.9. The molecule has 2 heterocycles. The molecule has 2 fully saturated rings. The lowest BCUT2D eigenvalue weighted by Crippen LogP contribution is -2.49. The number of halogens is 2. The van der Waals surface area contributed by atoms with Crippen LogP contribution in [0, 0.1) is 0 Å². The molecule has 2 aliphatic heterocycles. The molecule has 2 atom stereocenters. The average Bonchev–Trinajstić information content (AvgIpc) is 2.75. The molecule has 2 aliphatic rings. The summed E-state index contributed by atoms with van der Waals surface area (Å²) in [5.74, 6) is 0.465. The van der Waals surface area contributed by atoms with Gasteiger partial charge in [-0.25, -0.2) is 4.79 Å². The number of carbonyl (C=O) groups is 1. The zero-order valence-electron chi connectivity index (χ0n) is 12.2. The second-order valence-corrected chi connectivity index (χ2v) is 6.63. The van der Waals surface area contributed by atoms with Gasteiger partial charge in [0.25, 0.3) is 0 Å². The van der Waals surface area contributed by atoms with Crippen LogP contribution in [-0.2, 0) is 0 Å². The molecule has 0 saturated carbocycles. The number of urea groups is 1. The van der Waals surface area contributed by atoms with E-state index in [-0.39, 0.29) is 24.2 Å². The molecule has 0 radical (unpaired) electrons. The first-order valence-corrected chi connectivity index (χ1v) is 8.05. The lowest BCUT2D eigenvalue weighted by molar-refractivity contribution is 0.0580. The zero-order valence-corrected chi connectivity index (χ0v) is 13.7. The van der Waals surface area contributed by atoms with E-state index in [1.165, 1.54) is 7.11 Å². The van der Waals surface area contributed by atoms with Crippen LogP contribution >= 0.6 is 23.2 Å². The molecule has 0 aliphatic carbocycles. The number of amides is 2. The van der Waals surface area contributed by atoms with Crippen LogP contribution in [0.2, 0.25) is 10.0 Å². The Morgan fingerprint density at radius 3 is 2.45 bits per heavy atom. The van der Waals surface area contributed by atoms with E-state index in [4.69, 9.17) is 27.9 Å². The van der Waals surface area contributed by atoms with Crippen LogP contribution in [0.1, 0.15) is 25.7 Å². The predicted octanol–water partition coefficient (Wildman–Crippen LogP) is 3.52. The van der Waals surface area contributed by atoms with Gasteiger partial charge in [0, 0.05) is 18.2 Å². The second-order valence-electron chi connectivity index (χ2n) is 5.81. The summed E-state index contributed by atoms with van der Waals surface area (Å²) < 4.78 is 5.24. The van der Waals surface area contributed by atoms with Crippen LogP contribution in [0.4, 0.5) is 10.5 Å². The Kier molecular flexibility index (Phi) is 4.39. The van der Waals surface area contributed by atoms with E-state index in [0.717, 1.165) is 12.8 Å². The number of rotatable bonds is 2. The molecule has 22 heavy (non-hydrogen) atoms. The van der Waals surface area contributed by atoms with Crippen LogP contribution in [-0.4, -0.2) is 41.3 Å². The Morgan fingerprint density at radius 2 is 1.86 bits per heavy atom. The van der Waals surface area contributed by atoms with Crippen LogP contribution in [0.15, 0.2) is 12.1 Å². The third kappa shape index (κ3) is 2.85. The van der Waals surface area contributed by atoms with Gasteiger partial charge in [-0.05, 0) is 31.7 Å². The van der Waals surface area contributed by atoms with Gasteiger partial charge in [0.15, 0.2) is 0 Å². The highest BCUT2D eigenvalue weighted by molar-refractivity contribution is 6.42. The maximum Gasteiger partial charge on any atom is 0.322 e. The van der Waals surface area contributed by atoms with Crippen molar-refractivity contribution in [3.05, 3.63) is 22.2 Å². The molecule has 2 amide bonds. The number of carbonyl (C=O) groups excluding carboxylic acids is 1. The van der Waals surface area contributed by atoms with Gasteiger partial charge in [-0.2, -0.15) is 0 Å². The highest BCUT2D eigenvalue weighted by atomic mass is 35.5. The highest BCUT2D eigenvalue weighted by Crippen LogP contribution is 2.38. The fourth-order valence-electron chi connectivity index (χ4n) is 3.45. The first kappa shape index (κ1) is 15.7. The van der Waals surface area contributed by atoms with Crippen LogP contribution in [0.5, 0.6) is 5.75 Å². The summed E-state index contributed by atoms with van der Waals surface area (Å²) >= 11 is 12.0. The van der Waals surface area contributed by atoms with Gasteiger partial charge in [-0.3, -0.25) is 0 Å². The SMILES string of the molecule is COc1cc(Cl)c(Cl)cc1NC(=O)N1C2CCC1CC(O)C2. The maximum atomic E-state index is 12.6. The Balaban J connectivity index is 1.79. The Bertz CT molecular complexity index is 582. The van der Waals surface area contributed by atoms with Crippen molar-refractivity contribution in [2.24, 2.45) is 0 Å². The van der Waals surface area contributed by atoms with Gasteiger partial charge in [-0.1, -0.05) is 23.2 Å². The molecular formula is C15H18Cl2N2O3. The van der Waals surface area contributed by atoms with Crippen molar-refractivity contribution in [3.8, 4) is 5.75 Å². The first-order chi connectivity index (χ1) is 10.5. The monoisotopic (exact) mass is 344 g/mol.